The largest absolute Gasteiger partial charge is 0.386 e. The van der Waals surface area contributed by atoms with E-state index in [1.54, 1.807) is 41.4 Å². The highest BCUT2D eigenvalue weighted by Gasteiger charge is 2.54. The van der Waals surface area contributed by atoms with E-state index in [2.05, 4.69) is 26.3 Å². The van der Waals surface area contributed by atoms with E-state index in [1.807, 2.05) is 24.3 Å². The fourth-order valence-corrected chi connectivity index (χ4v) is 5.89. The number of imide groups is 1. The number of ether oxygens (including phenoxy) is 1. The second-order valence-electron chi connectivity index (χ2n) is 10.3. The van der Waals surface area contributed by atoms with Crippen LogP contribution in [0.25, 0.3) is 0 Å². The number of nitro groups is 1. The zero-order valence-electron chi connectivity index (χ0n) is 22.4. The van der Waals surface area contributed by atoms with Crippen LogP contribution in [0.5, 0.6) is 0 Å². The lowest BCUT2D eigenvalue weighted by Crippen LogP contribution is -2.55. The summed E-state index contributed by atoms with van der Waals surface area (Å²) < 4.78 is 6.28. The number of nitrogens with zero attached hydrogens (tertiary/aromatic N) is 4. The van der Waals surface area contributed by atoms with E-state index in [0.29, 0.717) is 30.2 Å². The molecule has 42 heavy (non-hydrogen) atoms. The van der Waals surface area contributed by atoms with E-state index in [0.717, 1.165) is 23.2 Å². The van der Waals surface area contributed by atoms with Gasteiger partial charge in [0.15, 0.2) is 0 Å². The van der Waals surface area contributed by atoms with Crippen molar-refractivity contribution in [2.45, 2.75) is 18.2 Å². The Bertz CT molecular complexity index is 1510. The quantitative estimate of drug-likeness (QED) is 0.171. The number of morpholine rings is 1. The van der Waals surface area contributed by atoms with Crippen molar-refractivity contribution in [1.82, 2.24) is 5.01 Å². The summed E-state index contributed by atoms with van der Waals surface area (Å²) in [5, 5.41) is 24.2. The Hall–Kier alpha value is -4.10. The zero-order chi connectivity index (χ0) is 29.4. The Labute approximate surface area is 250 Å². The number of carbonyl (C=O) groups is 2. The second-order valence-corrected chi connectivity index (χ2v) is 11.2. The Morgan fingerprint density at radius 2 is 1.55 bits per heavy atom. The van der Waals surface area contributed by atoms with Gasteiger partial charge in [0.2, 0.25) is 5.91 Å². The molecule has 12 heteroatoms. The molecule has 2 fully saturated rings. The maximum absolute atomic E-state index is 14.0. The number of aliphatic hydroxyl groups is 1. The molecule has 0 aliphatic carbocycles. The molecule has 3 aliphatic heterocycles. The van der Waals surface area contributed by atoms with Gasteiger partial charge in [-0.1, -0.05) is 40.2 Å². The number of nitro benzene ring substituents is 1. The van der Waals surface area contributed by atoms with Crippen molar-refractivity contribution in [2.75, 3.05) is 41.5 Å². The lowest BCUT2D eigenvalue weighted by Gasteiger charge is -2.40. The van der Waals surface area contributed by atoms with Gasteiger partial charge in [-0.3, -0.25) is 19.7 Å². The van der Waals surface area contributed by atoms with Crippen LogP contribution in [-0.4, -0.2) is 65.2 Å². The third kappa shape index (κ3) is 5.29. The summed E-state index contributed by atoms with van der Waals surface area (Å²) in [6, 6.07) is 18.6. The summed E-state index contributed by atoms with van der Waals surface area (Å²) in [6.07, 6.45) is 2.36. The lowest BCUT2D eigenvalue weighted by atomic mass is 9.90. The van der Waals surface area contributed by atoms with Gasteiger partial charge >= 0.3 is 0 Å². The van der Waals surface area contributed by atoms with E-state index < -0.39 is 34.9 Å². The number of non-ortho nitro benzene ring substituents is 1. The van der Waals surface area contributed by atoms with Crippen molar-refractivity contribution < 1.29 is 24.4 Å². The van der Waals surface area contributed by atoms with Crippen LogP contribution in [0.3, 0.4) is 0 Å². The summed E-state index contributed by atoms with van der Waals surface area (Å²) in [7, 11) is 0. The molecule has 3 aromatic rings. The predicted molar refractivity (Wildman–Crippen MR) is 160 cm³/mol. The van der Waals surface area contributed by atoms with Gasteiger partial charge in [0.1, 0.15) is 6.04 Å². The molecule has 4 atom stereocenters. The highest BCUT2D eigenvalue weighted by Crippen LogP contribution is 2.38. The average molecular weight is 634 g/mol. The molecule has 216 valence electrons. The van der Waals surface area contributed by atoms with Crippen molar-refractivity contribution >= 4 is 50.5 Å². The summed E-state index contributed by atoms with van der Waals surface area (Å²) in [6.45, 7) is 2.82. The first-order chi connectivity index (χ1) is 20.3. The van der Waals surface area contributed by atoms with Gasteiger partial charge in [-0.25, -0.2) is 9.91 Å². The molecule has 3 unspecified atom stereocenters. The van der Waals surface area contributed by atoms with E-state index in [9.17, 15) is 24.8 Å². The molecule has 11 nitrogen and oxygen atoms in total. The number of benzene rings is 3. The van der Waals surface area contributed by atoms with Crippen molar-refractivity contribution in [1.29, 1.82) is 0 Å². The van der Waals surface area contributed by atoms with Crippen molar-refractivity contribution in [3.8, 4) is 0 Å². The van der Waals surface area contributed by atoms with Crippen LogP contribution in [0, 0.1) is 16.0 Å². The minimum atomic E-state index is -1.05. The minimum Gasteiger partial charge on any atom is -0.386 e. The maximum atomic E-state index is 14.0. The summed E-state index contributed by atoms with van der Waals surface area (Å²) >= 11 is 3.41. The first-order valence-electron chi connectivity index (χ1n) is 13.5. The number of halogens is 1. The topological polar surface area (TPSA) is 128 Å². The van der Waals surface area contributed by atoms with Crippen LogP contribution < -0.4 is 15.2 Å². The third-order valence-electron chi connectivity index (χ3n) is 7.81. The van der Waals surface area contributed by atoms with Gasteiger partial charge in [-0.15, -0.1) is 0 Å². The summed E-state index contributed by atoms with van der Waals surface area (Å²) in [4.78, 5) is 41.7. The highest BCUT2D eigenvalue weighted by atomic mass is 79.9. The normalized spacial score (nSPS) is 23.1. The fourth-order valence-electron chi connectivity index (χ4n) is 5.62. The number of fused-ring (bicyclic) bond motifs is 1. The molecule has 2 saturated heterocycles. The van der Waals surface area contributed by atoms with E-state index in [-0.39, 0.29) is 11.6 Å². The van der Waals surface area contributed by atoms with Crippen molar-refractivity contribution in [3.05, 3.63) is 105 Å². The average Bonchev–Trinajstić information content (AvgIpc) is 3.27. The molecule has 3 heterocycles. The standard InChI is InChI=1S/C30H28BrN5O6/c31-20-3-1-19(2-4-20)28(37)26-14-13-25-27(35(26)32-21-5-7-24(8-6-21)36(40)41)30(39)34(29(25)38)23-11-9-22(10-12-23)33-15-17-42-18-16-33/h1-14,25-28,32,37H,15-18H2/t25?,26?,27-,28?/m0/s1. The highest BCUT2D eigenvalue weighted by molar-refractivity contribution is 9.10. The number of carbonyl (C=O) groups excluding carboxylic acids is 2. The van der Waals surface area contributed by atoms with Crippen LogP contribution in [0.4, 0.5) is 22.7 Å². The maximum Gasteiger partial charge on any atom is 0.269 e. The van der Waals surface area contributed by atoms with E-state index >= 15 is 0 Å². The van der Waals surface area contributed by atoms with Gasteiger partial charge < -0.3 is 20.2 Å². The predicted octanol–water partition coefficient (Wildman–Crippen LogP) is 4.05. The molecule has 0 spiro atoms. The number of hydrogen-bond donors (Lipinski definition) is 2. The molecule has 0 bridgehead atoms. The fraction of sp³-hybridized carbons (Fsp3) is 0.267. The van der Waals surface area contributed by atoms with Gasteiger partial charge in [-0.2, -0.15) is 0 Å². The summed E-state index contributed by atoms with van der Waals surface area (Å²) in [5.41, 5.74) is 5.63. The Balaban J connectivity index is 1.32. The number of rotatable bonds is 7. The number of amides is 2. The first kappa shape index (κ1) is 28.0. The van der Waals surface area contributed by atoms with Crippen molar-refractivity contribution in [3.63, 3.8) is 0 Å². The molecule has 6 rings (SSSR count). The smallest absolute Gasteiger partial charge is 0.269 e. The number of anilines is 3. The third-order valence-corrected chi connectivity index (χ3v) is 8.34. The zero-order valence-corrected chi connectivity index (χ0v) is 24.0. The molecule has 2 amide bonds. The monoisotopic (exact) mass is 633 g/mol. The molecule has 2 N–H and O–H groups in total. The molecule has 0 radical (unpaired) electrons. The van der Waals surface area contributed by atoms with E-state index in [1.165, 1.54) is 29.2 Å². The molecule has 3 aromatic carbocycles. The minimum absolute atomic E-state index is 0.0813. The number of hydrogen-bond acceptors (Lipinski definition) is 9. The molecular weight excluding hydrogens is 606 g/mol. The van der Waals surface area contributed by atoms with E-state index in [4.69, 9.17) is 4.74 Å². The molecule has 3 aliphatic rings. The Morgan fingerprint density at radius 3 is 2.19 bits per heavy atom. The summed E-state index contributed by atoms with van der Waals surface area (Å²) in [5.74, 6) is -1.60. The Kier molecular flexibility index (Phi) is 7.78. The lowest BCUT2D eigenvalue weighted by molar-refractivity contribution is -0.384. The number of nitrogens with one attached hydrogen (secondary N) is 1. The van der Waals surface area contributed by atoms with Crippen LogP contribution in [0.1, 0.15) is 11.7 Å². The first-order valence-corrected chi connectivity index (χ1v) is 14.3. The van der Waals surface area contributed by atoms with Crippen molar-refractivity contribution in [2.24, 2.45) is 5.92 Å². The van der Waals surface area contributed by atoms with Crippen LogP contribution in [-0.2, 0) is 14.3 Å². The SMILES string of the molecule is O=C1C2C=CC(C(O)c3ccc(Br)cc3)N(Nc3ccc([N+](=O)[O-])cc3)[C@@H]2C(=O)N1c1ccc(N2CCOCC2)cc1. The Morgan fingerprint density at radius 1 is 0.905 bits per heavy atom. The van der Waals surface area contributed by atoms with Gasteiger partial charge in [0.05, 0.1) is 41.9 Å². The molecular formula is C30H28BrN5O6. The number of aliphatic hydroxyl groups excluding tert-OH is 1. The van der Waals surface area contributed by atoms with Gasteiger partial charge in [0, 0.05) is 41.1 Å². The van der Waals surface area contributed by atoms with Crippen LogP contribution in [0.15, 0.2) is 89.4 Å². The van der Waals surface area contributed by atoms with Crippen LogP contribution in [0.2, 0.25) is 0 Å². The molecule has 0 saturated carbocycles. The van der Waals surface area contributed by atoms with Crippen LogP contribution >= 0.6 is 15.9 Å². The van der Waals surface area contributed by atoms with Gasteiger partial charge in [0.25, 0.3) is 11.6 Å². The second kappa shape index (κ2) is 11.6. The van der Waals surface area contributed by atoms with Gasteiger partial charge in [-0.05, 0) is 54.1 Å². The number of hydrazine groups is 1. The molecule has 0 aromatic heterocycles.